The van der Waals surface area contributed by atoms with Crippen LogP contribution >= 0.6 is 0 Å². The lowest BCUT2D eigenvalue weighted by atomic mass is 10.0. The second-order valence-corrected chi connectivity index (χ2v) is 4.85. The molecule has 0 spiro atoms. The Labute approximate surface area is 111 Å². The lowest BCUT2D eigenvalue weighted by molar-refractivity contribution is 0.783. The van der Waals surface area contributed by atoms with E-state index in [1.54, 1.807) is 0 Å². The van der Waals surface area contributed by atoms with Crippen molar-refractivity contribution in [3.05, 3.63) is 41.9 Å². The molecule has 0 radical (unpaired) electrons. The maximum Gasteiger partial charge on any atom is 0.0689 e. The zero-order valence-electron chi connectivity index (χ0n) is 11.3. The number of rotatable bonds is 1. The topological polar surface area (TPSA) is 56.7 Å². The summed E-state index contributed by atoms with van der Waals surface area (Å²) in [6.45, 7) is 3.98. The van der Waals surface area contributed by atoms with Crippen molar-refractivity contribution >= 4 is 16.6 Å². The molecule has 0 unspecified atom stereocenters. The van der Waals surface area contributed by atoms with Crippen molar-refractivity contribution in [2.24, 2.45) is 7.05 Å². The number of nitrogens with two attached hydrogens (primary N) is 1. The zero-order valence-corrected chi connectivity index (χ0v) is 11.3. The molecule has 0 aliphatic rings. The lowest BCUT2D eigenvalue weighted by Crippen LogP contribution is -1.94. The highest BCUT2D eigenvalue weighted by molar-refractivity contribution is 5.93. The van der Waals surface area contributed by atoms with Crippen LogP contribution in [-0.2, 0) is 7.05 Å². The minimum Gasteiger partial charge on any atom is -0.398 e. The SMILES string of the molecule is Cc1cc(-c2cc3c(cc2N)c(C)nn3C)ccn1. The summed E-state index contributed by atoms with van der Waals surface area (Å²) in [5.74, 6) is 0. The third kappa shape index (κ3) is 1.85. The predicted octanol–water partition coefficient (Wildman–Crippen LogP) is 2.83. The van der Waals surface area contributed by atoms with Crippen molar-refractivity contribution in [3.8, 4) is 11.1 Å². The van der Waals surface area contributed by atoms with Gasteiger partial charge in [-0.1, -0.05) is 0 Å². The molecule has 4 nitrogen and oxygen atoms in total. The van der Waals surface area contributed by atoms with Gasteiger partial charge in [0.1, 0.15) is 0 Å². The zero-order chi connectivity index (χ0) is 13.6. The van der Waals surface area contributed by atoms with Gasteiger partial charge in [0.05, 0.1) is 11.2 Å². The smallest absolute Gasteiger partial charge is 0.0689 e. The highest BCUT2D eigenvalue weighted by Gasteiger charge is 2.10. The second-order valence-electron chi connectivity index (χ2n) is 4.85. The molecule has 19 heavy (non-hydrogen) atoms. The number of aryl methyl sites for hydroxylation is 3. The normalized spacial score (nSPS) is 11.1. The number of nitrogen functional groups attached to an aromatic ring is 1. The Balaban J connectivity index is 2.30. The number of fused-ring (bicyclic) bond motifs is 1. The molecule has 0 aliphatic heterocycles. The minimum absolute atomic E-state index is 0.772. The van der Waals surface area contributed by atoms with E-state index in [-0.39, 0.29) is 0 Å². The lowest BCUT2D eigenvalue weighted by Gasteiger charge is -2.07. The molecule has 0 saturated carbocycles. The van der Waals surface area contributed by atoms with Crippen LogP contribution in [0.5, 0.6) is 0 Å². The fraction of sp³-hybridized carbons (Fsp3) is 0.200. The van der Waals surface area contributed by atoms with E-state index in [0.717, 1.165) is 39.1 Å². The molecule has 0 saturated heterocycles. The van der Waals surface area contributed by atoms with E-state index in [4.69, 9.17) is 5.73 Å². The van der Waals surface area contributed by atoms with Crippen molar-refractivity contribution in [1.82, 2.24) is 14.8 Å². The molecule has 1 aromatic carbocycles. The maximum absolute atomic E-state index is 6.19. The van der Waals surface area contributed by atoms with Crippen molar-refractivity contribution in [2.75, 3.05) is 5.73 Å². The van der Waals surface area contributed by atoms with Gasteiger partial charge in [0.15, 0.2) is 0 Å². The first-order chi connectivity index (χ1) is 9.06. The van der Waals surface area contributed by atoms with Crippen LogP contribution in [0.4, 0.5) is 5.69 Å². The molecule has 0 amide bonds. The quantitative estimate of drug-likeness (QED) is 0.677. The van der Waals surface area contributed by atoms with E-state index in [0.29, 0.717) is 0 Å². The Hall–Kier alpha value is -2.36. The molecule has 0 bridgehead atoms. The summed E-state index contributed by atoms with van der Waals surface area (Å²) < 4.78 is 1.89. The Morgan fingerprint density at radius 1 is 1.16 bits per heavy atom. The number of pyridine rings is 1. The standard InChI is InChI=1S/C15H16N4/c1-9-6-11(4-5-17-9)13-8-15-12(7-14(13)16)10(2)18-19(15)3/h4-8H,16H2,1-3H3. The number of hydrogen-bond donors (Lipinski definition) is 1. The van der Waals surface area contributed by atoms with Crippen LogP contribution in [0, 0.1) is 13.8 Å². The predicted molar refractivity (Wildman–Crippen MR) is 77.8 cm³/mol. The van der Waals surface area contributed by atoms with Gasteiger partial charge in [-0.15, -0.1) is 0 Å². The fourth-order valence-electron chi connectivity index (χ4n) is 2.46. The summed E-state index contributed by atoms with van der Waals surface area (Å²) in [4.78, 5) is 4.22. The van der Waals surface area contributed by atoms with Gasteiger partial charge >= 0.3 is 0 Å². The number of benzene rings is 1. The first-order valence-electron chi connectivity index (χ1n) is 6.22. The molecule has 0 aliphatic carbocycles. The molecule has 2 aromatic heterocycles. The second kappa shape index (κ2) is 4.09. The Morgan fingerprint density at radius 3 is 2.68 bits per heavy atom. The summed E-state index contributed by atoms with van der Waals surface area (Å²) in [6.07, 6.45) is 1.81. The first-order valence-corrected chi connectivity index (χ1v) is 6.22. The van der Waals surface area contributed by atoms with E-state index >= 15 is 0 Å². The van der Waals surface area contributed by atoms with Crippen LogP contribution in [0.25, 0.3) is 22.0 Å². The van der Waals surface area contributed by atoms with Gasteiger partial charge < -0.3 is 5.73 Å². The minimum atomic E-state index is 0.772. The van der Waals surface area contributed by atoms with Crippen molar-refractivity contribution < 1.29 is 0 Å². The van der Waals surface area contributed by atoms with Crippen LogP contribution in [0.2, 0.25) is 0 Å². The molecule has 2 heterocycles. The third-order valence-electron chi connectivity index (χ3n) is 3.41. The highest BCUT2D eigenvalue weighted by atomic mass is 15.3. The Kier molecular flexibility index (Phi) is 2.52. The van der Waals surface area contributed by atoms with E-state index in [9.17, 15) is 0 Å². The Morgan fingerprint density at radius 2 is 1.95 bits per heavy atom. The van der Waals surface area contributed by atoms with Crippen LogP contribution in [0.15, 0.2) is 30.5 Å². The third-order valence-corrected chi connectivity index (χ3v) is 3.41. The van der Waals surface area contributed by atoms with Gasteiger partial charge in [-0.05, 0) is 43.7 Å². The molecular formula is C15H16N4. The first kappa shape index (κ1) is 11.7. The van der Waals surface area contributed by atoms with Crippen molar-refractivity contribution in [3.63, 3.8) is 0 Å². The molecule has 0 fully saturated rings. The molecule has 3 aromatic rings. The van der Waals surface area contributed by atoms with Gasteiger partial charge in [0.2, 0.25) is 0 Å². The number of anilines is 1. The molecule has 3 rings (SSSR count). The molecule has 4 heteroatoms. The molecule has 96 valence electrons. The van der Waals surface area contributed by atoms with E-state index in [1.165, 1.54) is 0 Å². The summed E-state index contributed by atoms with van der Waals surface area (Å²) in [5, 5.41) is 5.54. The number of nitrogens with zero attached hydrogens (tertiary/aromatic N) is 3. The Bertz CT molecular complexity index is 771. The average Bonchev–Trinajstić information content (AvgIpc) is 2.63. The van der Waals surface area contributed by atoms with Gasteiger partial charge in [-0.25, -0.2) is 0 Å². The highest BCUT2D eigenvalue weighted by Crippen LogP contribution is 2.31. The number of hydrogen-bond acceptors (Lipinski definition) is 3. The molecule has 2 N–H and O–H groups in total. The van der Waals surface area contributed by atoms with Gasteiger partial charge in [-0.3, -0.25) is 9.67 Å². The summed E-state index contributed by atoms with van der Waals surface area (Å²) in [6, 6.07) is 8.12. The number of aromatic nitrogens is 3. The molecule has 0 atom stereocenters. The van der Waals surface area contributed by atoms with Crippen LogP contribution in [0.3, 0.4) is 0 Å². The van der Waals surface area contributed by atoms with Gasteiger partial charge in [0.25, 0.3) is 0 Å². The summed E-state index contributed by atoms with van der Waals surface area (Å²) >= 11 is 0. The van der Waals surface area contributed by atoms with E-state index < -0.39 is 0 Å². The van der Waals surface area contributed by atoms with Crippen molar-refractivity contribution in [2.45, 2.75) is 13.8 Å². The monoisotopic (exact) mass is 252 g/mol. The average molecular weight is 252 g/mol. The maximum atomic E-state index is 6.19. The largest absolute Gasteiger partial charge is 0.398 e. The van der Waals surface area contributed by atoms with Crippen LogP contribution in [0.1, 0.15) is 11.4 Å². The van der Waals surface area contributed by atoms with Crippen LogP contribution in [-0.4, -0.2) is 14.8 Å². The van der Waals surface area contributed by atoms with Gasteiger partial charge in [0, 0.05) is 35.6 Å². The van der Waals surface area contributed by atoms with E-state index in [1.807, 2.05) is 50.0 Å². The summed E-state index contributed by atoms with van der Waals surface area (Å²) in [5.41, 5.74) is 12.2. The van der Waals surface area contributed by atoms with E-state index in [2.05, 4.69) is 16.1 Å². The molecular weight excluding hydrogens is 236 g/mol. The summed E-state index contributed by atoms with van der Waals surface area (Å²) in [7, 11) is 1.95. The fourth-order valence-corrected chi connectivity index (χ4v) is 2.46. The van der Waals surface area contributed by atoms with Crippen LogP contribution < -0.4 is 5.73 Å². The van der Waals surface area contributed by atoms with Gasteiger partial charge in [-0.2, -0.15) is 5.10 Å². The van der Waals surface area contributed by atoms with Crippen molar-refractivity contribution in [1.29, 1.82) is 0 Å².